The van der Waals surface area contributed by atoms with Crippen LogP contribution in [0.15, 0.2) is 18.2 Å². The smallest absolute Gasteiger partial charge is 0.381 e. The van der Waals surface area contributed by atoms with Crippen LogP contribution in [0.5, 0.6) is 0 Å². The van der Waals surface area contributed by atoms with Gasteiger partial charge < -0.3 is 15.4 Å². The predicted octanol–water partition coefficient (Wildman–Crippen LogP) is 2.40. The van der Waals surface area contributed by atoms with Crippen molar-refractivity contribution in [2.75, 3.05) is 13.2 Å². The number of rotatable bonds is 4. The minimum atomic E-state index is -4.60. The van der Waals surface area contributed by atoms with E-state index in [1.165, 1.54) is 0 Å². The average Bonchev–Trinajstić information content (AvgIpc) is 3.09. The number of hydrogen-bond donors (Lipinski definition) is 2. The van der Waals surface area contributed by atoms with Crippen LogP contribution in [0.2, 0.25) is 0 Å². The summed E-state index contributed by atoms with van der Waals surface area (Å²) in [6.07, 6.45) is -2.77. The molecule has 2 saturated heterocycles. The number of halogens is 4. The molecule has 3 aliphatic rings. The summed E-state index contributed by atoms with van der Waals surface area (Å²) in [4.78, 5) is 12.5. The van der Waals surface area contributed by atoms with Crippen LogP contribution in [-0.4, -0.2) is 31.2 Å². The molecule has 4 nitrogen and oxygen atoms in total. The molecule has 4 atom stereocenters. The zero-order valence-corrected chi connectivity index (χ0v) is 13.3. The Morgan fingerprint density at radius 2 is 2.04 bits per heavy atom. The first-order chi connectivity index (χ1) is 11.8. The summed E-state index contributed by atoms with van der Waals surface area (Å²) in [5.74, 6) is -0.812. The van der Waals surface area contributed by atoms with Gasteiger partial charge in [-0.15, -0.1) is 0 Å². The fraction of sp³-hybridized carbons (Fsp3) is 0.588. The zero-order chi connectivity index (χ0) is 17.8. The number of carbonyl (C=O) groups is 1. The summed E-state index contributed by atoms with van der Waals surface area (Å²) in [7, 11) is 0. The Morgan fingerprint density at radius 1 is 1.28 bits per heavy atom. The van der Waals surface area contributed by atoms with Gasteiger partial charge in [-0.25, -0.2) is 4.39 Å². The monoisotopic (exact) mass is 358 g/mol. The molecule has 1 aromatic rings. The lowest BCUT2D eigenvalue weighted by atomic mass is 9.90. The Morgan fingerprint density at radius 3 is 2.56 bits per heavy atom. The number of fused-ring (bicyclic) bond motifs is 1. The molecular weight excluding hydrogens is 340 g/mol. The molecule has 2 N–H and O–H groups in total. The number of piperidine rings is 1. The topological polar surface area (TPSA) is 50.4 Å². The van der Waals surface area contributed by atoms with E-state index in [2.05, 4.69) is 10.6 Å². The van der Waals surface area contributed by atoms with Crippen LogP contribution in [0, 0.1) is 17.7 Å². The highest BCUT2D eigenvalue weighted by molar-refractivity contribution is 5.83. The molecular formula is C17H18F4N2O2. The summed E-state index contributed by atoms with van der Waals surface area (Å²) in [6, 6.07) is 1.83. The van der Waals surface area contributed by atoms with Crippen LogP contribution in [0.25, 0.3) is 0 Å². The van der Waals surface area contributed by atoms with Crippen LogP contribution in [0.4, 0.5) is 17.6 Å². The largest absolute Gasteiger partial charge is 0.416 e. The number of benzene rings is 1. The summed E-state index contributed by atoms with van der Waals surface area (Å²) < 4.78 is 57.6. The molecule has 0 spiro atoms. The highest BCUT2D eigenvalue weighted by Gasteiger charge is 2.48. The van der Waals surface area contributed by atoms with Gasteiger partial charge in [-0.1, -0.05) is 6.07 Å². The first-order valence-corrected chi connectivity index (χ1v) is 8.33. The lowest BCUT2D eigenvalue weighted by Gasteiger charge is -2.35. The summed E-state index contributed by atoms with van der Waals surface area (Å²) >= 11 is 0. The molecule has 2 aliphatic heterocycles. The van der Waals surface area contributed by atoms with Gasteiger partial charge in [0.2, 0.25) is 5.91 Å². The van der Waals surface area contributed by atoms with Crippen LogP contribution in [0.3, 0.4) is 0 Å². The lowest BCUT2D eigenvalue weighted by Crippen LogP contribution is -2.48. The maximum absolute atomic E-state index is 14.3. The summed E-state index contributed by atoms with van der Waals surface area (Å²) in [6.45, 7) is 0.684. The highest BCUT2D eigenvalue weighted by Crippen LogP contribution is 2.41. The first-order valence-electron chi connectivity index (χ1n) is 8.33. The third-order valence-corrected chi connectivity index (χ3v) is 5.29. The second-order valence-electron chi connectivity index (χ2n) is 7.08. The third kappa shape index (κ3) is 3.25. The predicted molar refractivity (Wildman–Crippen MR) is 80.0 cm³/mol. The minimum Gasteiger partial charge on any atom is -0.381 e. The van der Waals surface area contributed by atoms with Gasteiger partial charge in [0.15, 0.2) is 0 Å². The number of nitrogens with one attached hydrogen (secondary N) is 2. The van der Waals surface area contributed by atoms with Crippen molar-refractivity contribution in [3.63, 3.8) is 0 Å². The Balaban J connectivity index is 1.53. The van der Waals surface area contributed by atoms with Crippen molar-refractivity contribution in [3.05, 3.63) is 35.1 Å². The van der Waals surface area contributed by atoms with Gasteiger partial charge in [0.05, 0.1) is 30.9 Å². The van der Waals surface area contributed by atoms with E-state index in [0.717, 1.165) is 25.0 Å². The van der Waals surface area contributed by atoms with E-state index in [-0.39, 0.29) is 23.4 Å². The molecule has 3 fully saturated rings. The molecule has 136 valence electrons. The fourth-order valence-electron chi connectivity index (χ4n) is 3.63. The average molecular weight is 358 g/mol. The van der Waals surface area contributed by atoms with Crippen molar-refractivity contribution < 1.29 is 27.1 Å². The van der Waals surface area contributed by atoms with E-state index in [4.69, 9.17) is 4.74 Å². The summed E-state index contributed by atoms with van der Waals surface area (Å²) in [5, 5.41) is 6.03. The fourth-order valence-corrected chi connectivity index (χ4v) is 3.63. The molecule has 8 heteroatoms. The molecule has 1 aromatic carbocycles. The van der Waals surface area contributed by atoms with Gasteiger partial charge in [0, 0.05) is 17.5 Å². The number of ether oxygens (including phenoxy) is 1. The number of amides is 1. The quantitative estimate of drug-likeness (QED) is 0.813. The third-order valence-electron chi connectivity index (χ3n) is 5.29. The zero-order valence-electron chi connectivity index (χ0n) is 13.3. The first kappa shape index (κ1) is 16.8. The van der Waals surface area contributed by atoms with E-state index >= 15 is 0 Å². The Bertz CT molecular complexity index is 680. The molecule has 1 aliphatic carbocycles. The number of hydrogen-bond acceptors (Lipinski definition) is 3. The van der Waals surface area contributed by atoms with E-state index in [1.54, 1.807) is 0 Å². The molecule has 0 radical (unpaired) electrons. The lowest BCUT2D eigenvalue weighted by molar-refractivity contribution is -0.138. The standard InChI is InChI=1S/C17H18F4N2O2/c18-12-5-10(17(19,20)21)1-2-11(12)15(9-6-25-7-9)23-16(24)14-4-8-3-13(8)22-14/h1-2,5,8-9,13-15,22H,3-4,6-7H2,(H,23,24)/t8?,13-,14-,15-/m1/s1. The van der Waals surface area contributed by atoms with Gasteiger partial charge >= 0.3 is 6.18 Å². The van der Waals surface area contributed by atoms with E-state index < -0.39 is 23.6 Å². The maximum atomic E-state index is 14.3. The van der Waals surface area contributed by atoms with Crippen LogP contribution >= 0.6 is 0 Å². The molecule has 1 unspecified atom stereocenters. The van der Waals surface area contributed by atoms with Crippen LogP contribution in [-0.2, 0) is 15.7 Å². The van der Waals surface area contributed by atoms with Gasteiger partial charge in [0.1, 0.15) is 5.82 Å². The highest BCUT2D eigenvalue weighted by atomic mass is 19.4. The molecule has 0 bridgehead atoms. The molecule has 1 amide bonds. The van der Waals surface area contributed by atoms with Gasteiger partial charge in [-0.3, -0.25) is 4.79 Å². The van der Waals surface area contributed by atoms with Gasteiger partial charge in [0.25, 0.3) is 0 Å². The Hall–Kier alpha value is -1.67. The van der Waals surface area contributed by atoms with Crippen molar-refractivity contribution in [2.45, 2.75) is 37.1 Å². The van der Waals surface area contributed by atoms with Crippen LogP contribution in [0.1, 0.15) is 30.0 Å². The Labute approximate surface area is 141 Å². The van der Waals surface area contributed by atoms with Crippen molar-refractivity contribution in [2.24, 2.45) is 11.8 Å². The molecule has 0 aromatic heterocycles. The SMILES string of the molecule is O=C(N[C@@H](c1ccc(C(F)(F)F)cc1F)C1COC1)[C@H]1CC2C[C@H]2N1. The molecule has 1 saturated carbocycles. The molecule has 4 rings (SSSR count). The summed E-state index contributed by atoms with van der Waals surface area (Å²) in [5.41, 5.74) is -0.973. The van der Waals surface area contributed by atoms with Crippen molar-refractivity contribution in [1.82, 2.24) is 10.6 Å². The van der Waals surface area contributed by atoms with Crippen LogP contribution < -0.4 is 10.6 Å². The normalized spacial score (nSPS) is 29.7. The second-order valence-corrected chi connectivity index (χ2v) is 7.08. The minimum absolute atomic E-state index is 0.0674. The number of alkyl halides is 3. The molecule has 25 heavy (non-hydrogen) atoms. The number of carbonyl (C=O) groups excluding carboxylic acids is 1. The molecule has 2 heterocycles. The van der Waals surface area contributed by atoms with Gasteiger partial charge in [-0.2, -0.15) is 13.2 Å². The van der Waals surface area contributed by atoms with Crippen molar-refractivity contribution >= 4 is 5.91 Å². The van der Waals surface area contributed by atoms with E-state index in [0.29, 0.717) is 31.2 Å². The van der Waals surface area contributed by atoms with Gasteiger partial charge in [-0.05, 0) is 30.9 Å². The van der Waals surface area contributed by atoms with Crippen molar-refractivity contribution in [3.8, 4) is 0 Å². The van der Waals surface area contributed by atoms with E-state index in [1.807, 2.05) is 0 Å². The second kappa shape index (κ2) is 5.95. The maximum Gasteiger partial charge on any atom is 0.416 e. The van der Waals surface area contributed by atoms with E-state index in [9.17, 15) is 22.4 Å². The Kier molecular flexibility index (Phi) is 3.99. The van der Waals surface area contributed by atoms with Crippen molar-refractivity contribution in [1.29, 1.82) is 0 Å².